The van der Waals surface area contributed by atoms with E-state index < -0.39 is 0 Å². The fourth-order valence-electron chi connectivity index (χ4n) is 1.33. The smallest absolute Gasteiger partial charge is 0.144 e. The third-order valence-corrected chi connectivity index (χ3v) is 3.15. The minimum absolute atomic E-state index is 0.415. The van der Waals surface area contributed by atoms with Crippen molar-refractivity contribution in [3.05, 3.63) is 51.7 Å². The van der Waals surface area contributed by atoms with Crippen LogP contribution in [0.3, 0.4) is 0 Å². The molecular weight excluding hydrogens is 304 g/mol. The molecule has 88 valence electrons. The van der Waals surface area contributed by atoms with Crippen LogP contribution in [0.2, 0.25) is 5.02 Å². The topological polar surface area (TPSA) is 48.1 Å². The standard InChI is InChI=1S/C12H10BrClN2O/c13-10-7-16-4-3-12(10)17-9-2-1-8(6-15)11(14)5-9/h1-5,7H,6,15H2. The van der Waals surface area contributed by atoms with Crippen LogP contribution < -0.4 is 10.5 Å². The highest BCUT2D eigenvalue weighted by atomic mass is 79.9. The van der Waals surface area contributed by atoms with E-state index in [1.807, 2.05) is 12.1 Å². The molecule has 5 heteroatoms. The van der Waals surface area contributed by atoms with E-state index in [1.54, 1.807) is 24.5 Å². The summed E-state index contributed by atoms with van der Waals surface area (Å²) in [6, 6.07) is 7.21. The van der Waals surface area contributed by atoms with Crippen molar-refractivity contribution in [2.75, 3.05) is 0 Å². The summed E-state index contributed by atoms with van der Waals surface area (Å²) in [6.45, 7) is 0.415. The molecule has 0 radical (unpaired) electrons. The average molecular weight is 314 g/mol. The predicted molar refractivity (Wildman–Crippen MR) is 71.4 cm³/mol. The first-order valence-electron chi connectivity index (χ1n) is 4.96. The number of aromatic nitrogens is 1. The first-order valence-corrected chi connectivity index (χ1v) is 6.13. The van der Waals surface area contributed by atoms with E-state index in [2.05, 4.69) is 20.9 Å². The van der Waals surface area contributed by atoms with Gasteiger partial charge in [-0.1, -0.05) is 17.7 Å². The lowest BCUT2D eigenvalue weighted by atomic mass is 10.2. The first kappa shape index (κ1) is 12.4. The van der Waals surface area contributed by atoms with E-state index in [4.69, 9.17) is 22.1 Å². The zero-order chi connectivity index (χ0) is 12.3. The summed E-state index contributed by atoms with van der Waals surface area (Å²) in [5.41, 5.74) is 6.43. The summed E-state index contributed by atoms with van der Waals surface area (Å²) in [4.78, 5) is 3.96. The van der Waals surface area contributed by atoms with Crippen molar-refractivity contribution >= 4 is 27.5 Å². The van der Waals surface area contributed by atoms with Crippen LogP contribution in [0.4, 0.5) is 0 Å². The predicted octanol–water partition coefficient (Wildman–Crippen LogP) is 3.75. The molecule has 2 rings (SSSR count). The lowest BCUT2D eigenvalue weighted by molar-refractivity contribution is 0.478. The molecule has 0 saturated carbocycles. The molecule has 0 bridgehead atoms. The largest absolute Gasteiger partial charge is 0.456 e. The van der Waals surface area contributed by atoms with Gasteiger partial charge < -0.3 is 10.5 Å². The van der Waals surface area contributed by atoms with Crippen molar-refractivity contribution in [2.45, 2.75) is 6.54 Å². The molecule has 1 aromatic heterocycles. The fourth-order valence-corrected chi connectivity index (χ4v) is 1.91. The van der Waals surface area contributed by atoms with Crippen LogP contribution in [0.15, 0.2) is 41.1 Å². The van der Waals surface area contributed by atoms with E-state index in [0.717, 1.165) is 10.0 Å². The van der Waals surface area contributed by atoms with Gasteiger partial charge in [-0.3, -0.25) is 4.98 Å². The Balaban J connectivity index is 2.25. The van der Waals surface area contributed by atoms with Gasteiger partial charge in [-0.05, 0) is 33.6 Å². The van der Waals surface area contributed by atoms with Crippen LogP contribution in [-0.4, -0.2) is 4.98 Å². The van der Waals surface area contributed by atoms with Gasteiger partial charge in [-0.2, -0.15) is 0 Å². The molecule has 0 fully saturated rings. The maximum atomic E-state index is 6.05. The molecule has 0 amide bonds. The van der Waals surface area contributed by atoms with Crippen LogP contribution >= 0.6 is 27.5 Å². The quantitative estimate of drug-likeness (QED) is 0.939. The lowest BCUT2D eigenvalue weighted by Crippen LogP contribution is -1.97. The molecule has 0 aliphatic heterocycles. The maximum Gasteiger partial charge on any atom is 0.144 e. The Bertz CT molecular complexity index is 534. The Kier molecular flexibility index (Phi) is 3.99. The highest BCUT2D eigenvalue weighted by Gasteiger charge is 2.04. The number of ether oxygens (including phenoxy) is 1. The second-order valence-corrected chi connectivity index (χ2v) is 4.63. The van der Waals surface area contributed by atoms with E-state index >= 15 is 0 Å². The minimum Gasteiger partial charge on any atom is -0.456 e. The van der Waals surface area contributed by atoms with Crippen molar-refractivity contribution in [3.8, 4) is 11.5 Å². The van der Waals surface area contributed by atoms with Crippen molar-refractivity contribution < 1.29 is 4.74 Å². The van der Waals surface area contributed by atoms with Crippen molar-refractivity contribution in [3.63, 3.8) is 0 Å². The summed E-state index contributed by atoms with van der Waals surface area (Å²) < 4.78 is 6.47. The van der Waals surface area contributed by atoms with Gasteiger partial charge in [-0.25, -0.2) is 0 Å². The second kappa shape index (κ2) is 5.49. The van der Waals surface area contributed by atoms with E-state index in [9.17, 15) is 0 Å². The number of hydrogen-bond acceptors (Lipinski definition) is 3. The molecule has 0 spiro atoms. The minimum atomic E-state index is 0.415. The van der Waals surface area contributed by atoms with Gasteiger partial charge in [0.2, 0.25) is 0 Å². The number of benzene rings is 1. The Hall–Kier alpha value is -1.10. The number of pyridine rings is 1. The molecule has 0 aliphatic rings. The molecule has 0 unspecified atom stereocenters. The summed E-state index contributed by atoms with van der Waals surface area (Å²) >= 11 is 9.41. The van der Waals surface area contributed by atoms with Gasteiger partial charge in [0.25, 0.3) is 0 Å². The highest BCUT2D eigenvalue weighted by molar-refractivity contribution is 9.10. The number of hydrogen-bond donors (Lipinski definition) is 1. The van der Waals surface area contributed by atoms with Gasteiger partial charge in [0.05, 0.1) is 4.47 Å². The van der Waals surface area contributed by atoms with Crippen LogP contribution in [0.1, 0.15) is 5.56 Å². The van der Waals surface area contributed by atoms with Crippen LogP contribution in [0, 0.1) is 0 Å². The monoisotopic (exact) mass is 312 g/mol. The van der Waals surface area contributed by atoms with Crippen molar-refractivity contribution in [2.24, 2.45) is 5.73 Å². The molecule has 2 aromatic rings. The molecule has 0 atom stereocenters. The molecule has 0 saturated heterocycles. The molecule has 2 N–H and O–H groups in total. The third kappa shape index (κ3) is 2.97. The van der Waals surface area contributed by atoms with E-state index in [0.29, 0.717) is 23.1 Å². The Morgan fingerprint density at radius 2 is 2.18 bits per heavy atom. The summed E-state index contributed by atoms with van der Waals surface area (Å²) in [5, 5.41) is 0.607. The SMILES string of the molecule is NCc1ccc(Oc2ccncc2Br)cc1Cl. The van der Waals surface area contributed by atoms with Crippen molar-refractivity contribution in [1.82, 2.24) is 4.98 Å². The van der Waals surface area contributed by atoms with E-state index in [-0.39, 0.29) is 0 Å². The van der Waals surface area contributed by atoms with Crippen LogP contribution in [0.25, 0.3) is 0 Å². The van der Waals surface area contributed by atoms with Gasteiger partial charge >= 0.3 is 0 Å². The van der Waals surface area contributed by atoms with E-state index in [1.165, 1.54) is 0 Å². The second-order valence-electron chi connectivity index (χ2n) is 3.37. The Morgan fingerprint density at radius 3 is 2.82 bits per heavy atom. The number of halogens is 2. The van der Waals surface area contributed by atoms with Gasteiger partial charge in [0.15, 0.2) is 0 Å². The Morgan fingerprint density at radius 1 is 1.35 bits per heavy atom. The Labute approximate surface area is 113 Å². The van der Waals surface area contributed by atoms with Crippen LogP contribution in [-0.2, 0) is 6.54 Å². The number of nitrogens with zero attached hydrogens (tertiary/aromatic N) is 1. The van der Waals surface area contributed by atoms with Crippen LogP contribution in [0.5, 0.6) is 11.5 Å². The molecule has 3 nitrogen and oxygen atoms in total. The zero-order valence-corrected chi connectivity index (χ0v) is 11.2. The van der Waals surface area contributed by atoms with Crippen molar-refractivity contribution in [1.29, 1.82) is 0 Å². The maximum absolute atomic E-state index is 6.05. The summed E-state index contributed by atoms with van der Waals surface area (Å²) in [6.07, 6.45) is 3.33. The van der Waals surface area contributed by atoms with Gasteiger partial charge in [-0.15, -0.1) is 0 Å². The third-order valence-electron chi connectivity index (χ3n) is 2.21. The van der Waals surface area contributed by atoms with Gasteiger partial charge in [0, 0.05) is 30.0 Å². The number of nitrogens with two attached hydrogens (primary N) is 1. The molecule has 1 heterocycles. The summed E-state index contributed by atoms with van der Waals surface area (Å²) in [7, 11) is 0. The molecule has 17 heavy (non-hydrogen) atoms. The molecule has 1 aromatic carbocycles. The average Bonchev–Trinajstić information content (AvgIpc) is 2.32. The lowest BCUT2D eigenvalue weighted by Gasteiger charge is -2.08. The first-order chi connectivity index (χ1) is 8.20. The van der Waals surface area contributed by atoms with Gasteiger partial charge in [0.1, 0.15) is 11.5 Å². The summed E-state index contributed by atoms with van der Waals surface area (Å²) in [5.74, 6) is 1.36. The zero-order valence-electron chi connectivity index (χ0n) is 8.86. The normalized spacial score (nSPS) is 10.3. The highest BCUT2D eigenvalue weighted by Crippen LogP contribution is 2.30. The molecule has 0 aliphatic carbocycles. The fraction of sp³-hybridized carbons (Fsp3) is 0.0833. The molecular formula is C12H10BrClN2O. The number of rotatable bonds is 3.